The van der Waals surface area contributed by atoms with Gasteiger partial charge in [-0.05, 0) is 31.4 Å². The van der Waals surface area contributed by atoms with Crippen molar-refractivity contribution in [2.75, 3.05) is 11.9 Å². The van der Waals surface area contributed by atoms with Gasteiger partial charge < -0.3 is 5.32 Å². The minimum atomic E-state index is 0.790. The first-order valence-corrected chi connectivity index (χ1v) is 7.64. The molecule has 1 aliphatic rings. The molecule has 1 N–H and O–H groups in total. The molecule has 1 fully saturated rings. The van der Waals surface area contributed by atoms with Gasteiger partial charge in [-0.2, -0.15) is 0 Å². The Labute approximate surface area is 109 Å². The summed E-state index contributed by atoms with van der Waals surface area (Å²) < 4.78 is 0. The molecule has 0 saturated heterocycles. The lowest BCUT2D eigenvalue weighted by Gasteiger charge is -2.20. The zero-order valence-corrected chi connectivity index (χ0v) is 11.4. The molecule has 0 spiro atoms. The molecule has 2 nitrogen and oxygen atoms in total. The van der Waals surface area contributed by atoms with Gasteiger partial charge in [-0.25, -0.2) is 4.98 Å². The lowest BCUT2D eigenvalue weighted by atomic mass is 10.0. The number of nitrogens with one attached hydrogen (secondary N) is 1. The van der Waals surface area contributed by atoms with Gasteiger partial charge in [-0.3, -0.25) is 0 Å². The predicted octanol–water partition coefficient (Wildman–Crippen LogP) is 4.33. The molecule has 0 bridgehead atoms. The Morgan fingerprint density at radius 3 is 2.88 bits per heavy atom. The smallest absolute Gasteiger partial charge is 0.127 e. The van der Waals surface area contributed by atoms with Crippen LogP contribution in [0.15, 0.2) is 23.2 Å². The second kappa shape index (κ2) is 6.90. The summed E-state index contributed by atoms with van der Waals surface area (Å²) >= 11 is 1.96. The second-order valence-corrected chi connectivity index (χ2v) is 5.99. The fraction of sp³-hybridized carbons (Fsp3) is 0.643. The number of nitrogens with zero attached hydrogens (tertiary/aromatic N) is 1. The van der Waals surface area contributed by atoms with Crippen LogP contribution in [0.1, 0.15) is 45.4 Å². The van der Waals surface area contributed by atoms with E-state index in [0.29, 0.717) is 0 Å². The van der Waals surface area contributed by atoms with Gasteiger partial charge in [0.25, 0.3) is 0 Å². The molecule has 1 saturated carbocycles. The summed E-state index contributed by atoms with van der Waals surface area (Å²) in [7, 11) is 0. The summed E-state index contributed by atoms with van der Waals surface area (Å²) in [4.78, 5) is 4.66. The quantitative estimate of drug-likeness (QED) is 0.842. The molecule has 0 atom stereocenters. The van der Waals surface area contributed by atoms with E-state index in [0.717, 1.165) is 24.0 Å². The average Bonchev–Trinajstić information content (AvgIpc) is 2.38. The molecule has 3 heteroatoms. The van der Waals surface area contributed by atoms with Gasteiger partial charge in [0.05, 0.1) is 5.03 Å². The normalized spacial score (nSPS) is 17.0. The standard InChI is InChI=1S/C14H22N2S/c1-2-11-15-13-9-6-10-14(16-13)17-12-7-4-3-5-8-12/h6,9-10,12H,2-5,7-8,11H2,1H3,(H,15,16). The molecular formula is C14H22N2S. The number of rotatable bonds is 5. The maximum absolute atomic E-state index is 4.66. The van der Waals surface area contributed by atoms with Crippen molar-refractivity contribution in [3.63, 3.8) is 0 Å². The second-order valence-electron chi connectivity index (χ2n) is 4.67. The minimum Gasteiger partial charge on any atom is -0.370 e. The molecule has 1 aliphatic carbocycles. The van der Waals surface area contributed by atoms with E-state index >= 15 is 0 Å². The van der Waals surface area contributed by atoms with Crippen LogP contribution in [0.5, 0.6) is 0 Å². The highest BCUT2D eigenvalue weighted by molar-refractivity contribution is 7.99. The number of hydrogen-bond acceptors (Lipinski definition) is 3. The first kappa shape index (κ1) is 12.7. The zero-order valence-electron chi connectivity index (χ0n) is 10.6. The van der Waals surface area contributed by atoms with E-state index < -0.39 is 0 Å². The Morgan fingerprint density at radius 1 is 1.29 bits per heavy atom. The van der Waals surface area contributed by atoms with Crippen molar-refractivity contribution in [2.45, 2.75) is 55.7 Å². The lowest BCUT2D eigenvalue weighted by molar-refractivity contribution is 0.516. The van der Waals surface area contributed by atoms with Gasteiger partial charge in [-0.1, -0.05) is 32.3 Å². The summed E-state index contributed by atoms with van der Waals surface area (Å²) in [6.45, 7) is 3.18. The molecule has 94 valence electrons. The van der Waals surface area contributed by atoms with Gasteiger partial charge in [0.15, 0.2) is 0 Å². The predicted molar refractivity (Wildman–Crippen MR) is 75.7 cm³/mol. The monoisotopic (exact) mass is 250 g/mol. The van der Waals surface area contributed by atoms with Crippen molar-refractivity contribution in [1.29, 1.82) is 0 Å². The summed E-state index contributed by atoms with van der Waals surface area (Å²) in [6, 6.07) is 6.30. The van der Waals surface area contributed by atoms with E-state index in [-0.39, 0.29) is 0 Å². The Balaban J connectivity index is 1.90. The highest BCUT2D eigenvalue weighted by Gasteiger charge is 2.15. The largest absolute Gasteiger partial charge is 0.370 e. The Bertz CT molecular complexity index is 335. The van der Waals surface area contributed by atoms with Crippen molar-refractivity contribution in [3.05, 3.63) is 18.2 Å². The molecule has 0 amide bonds. The van der Waals surface area contributed by atoms with Crippen LogP contribution < -0.4 is 5.32 Å². The van der Waals surface area contributed by atoms with E-state index in [9.17, 15) is 0 Å². The SMILES string of the molecule is CCCNc1cccc(SC2CCCCC2)n1. The summed E-state index contributed by atoms with van der Waals surface area (Å²) in [5, 5.41) is 5.32. The van der Waals surface area contributed by atoms with Gasteiger partial charge in [0, 0.05) is 11.8 Å². The molecule has 17 heavy (non-hydrogen) atoms. The minimum absolute atomic E-state index is 0.790. The van der Waals surface area contributed by atoms with E-state index in [2.05, 4.69) is 35.4 Å². The van der Waals surface area contributed by atoms with Crippen molar-refractivity contribution < 1.29 is 0 Å². The molecule has 0 unspecified atom stereocenters. The Hall–Kier alpha value is -0.700. The van der Waals surface area contributed by atoms with Gasteiger partial charge >= 0.3 is 0 Å². The van der Waals surface area contributed by atoms with Crippen LogP contribution in [-0.4, -0.2) is 16.8 Å². The first-order chi connectivity index (χ1) is 8.38. The number of thioether (sulfide) groups is 1. The number of anilines is 1. The first-order valence-electron chi connectivity index (χ1n) is 6.76. The number of aromatic nitrogens is 1. The van der Waals surface area contributed by atoms with Crippen molar-refractivity contribution in [3.8, 4) is 0 Å². The van der Waals surface area contributed by atoms with Crippen LogP contribution in [0.25, 0.3) is 0 Å². The van der Waals surface area contributed by atoms with Crippen LogP contribution in [0.4, 0.5) is 5.82 Å². The fourth-order valence-electron chi connectivity index (χ4n) is 2.19. The topological polar surface area (TPSA) is 24.9 Å². The van der Waals surface area contributed by atoms with E-state index in [1.54, 1.807) is 0 Å². The molecule has 0 aromatic carbocycles. The number of pyridine rings is 1. The lowest BCUT2D eigenvalue weighted by Crippen LogP contribution is -2.08. The fourth-order valence-corrected chi connectivity index (χ4v) is 3.40. The summed E-state index contributed by atoms with van der Waals surface area (Å²) in [6.07, 6.45) is 8.07. The summed E-state index contributed by atoms with van der Waals surface area (Å²) in [5.41, 5.74) is 0. The van der Waals surface area contributed by atoms with Crippen LogP contribution in [0, 0.1) is 0 Å². The van der Waals surface area contributed by atoms with Crippen molar-refractivity contribution >= 4 is 17.6 Å². The molecule has 1 heterocycles. The highest BCUT2D eigenvalue weighted by atomic mass is 32.2. The van der Waals surface area contributed by atoms with Crippen LogP contribution in [0.3, 0.4) is 0 Å². The van der Waals surface area contributed by atoms with Crippen LogP contribution in [-0.2, 0) is 0 Å². The van der Waals surface area contributed by atoms with E-state index in [4.69, 9.17) is 0 Å². The highest BCUT2D eigenvalue weighted by Crippen LogP contribution is 2.32. The Morgan fingerprint density at radius 2 is 2.12 bits per heavy atom. The third-order valence-electron chi connectivity index (χ3n) is 3.12. The van der Waals surface area contributed by atoms with Crippen molar-refractivity contribution in [2.24, 2.45) is 0 Å². The average molecular weight is 250 g/mol. The molecule has 1 aromatic heterocycles. The third-order valence-corrected chi connectivity index (χ3v) is 4.39. The molecule has 1 aromatic rings. The maximum Gasteiger partial charge on any atom is 0.127 e. The summed E-state index contributed by atoms with van der Waals surface area (Å²) in [5.74, 6) is 1.02. The van der Waals surface area contributed by atoms with Crippen LogP contribution >= 0.6 is 11.8 Å². The van der Waals surface area contributed by atoms with E-state index in [1.165, 1.54) is 37.1 Å². The maximum atomic E-state index is 4.66. The Kier molecular flexibility index (Phi) is 5.17. The van der Waals surface area contributed by atoms with Crippen molar-refractivity contribution in [1.82, 2.24) is 4.98 Å². The van der Waals surface area contributed by atoms with Crippen LogP contribution in [0.2, 0.25) is 0 Å². The molecule has 0 radical (unpaired) electrons. The van der Waals surface area contributed by atoms with Gasteiger partial charge in [0.2, 0.25) is 0 Å². The van der Waals surface area contributed by atoms with Gasteiger partial charge in [0.1, 0.15) is 5.82 Å². The zero-order chi connectivity index (χ0) is 11.9. The van der Waals surface area contributed by atoms with E-state index in [1.807, 2.05) is 11.8 Å². The number of hydrogen-bond donors (Lipinski definition) is 1. The molecule has 0 aliphatic heterocycles. The molecule has 2 rings (SSSR count). The van der Waals surface area contributed by atoms with Gasteiger partial charge in [-0.15, -0.1) is 11.8 Å². The molecular weight excluding hydrogens is 228 g/mol. The third kappa shape index (κ3) is 4.23.